The van der Waals surface area contributed by atoms with E-state index in [9.17, 15) is 9.90 Å². The zero-order valence-corrected chi connectivity index (χ0v) is 19.3. The molecule has 2 aromatic carbocycles. The summed E-state index contributed by atoms with van der Waals surface area (Å²) in [6.45, 7) is 5.86. The van der Waals surface area contributed by atoms with Gasteiger partial charge in [-0.05, 0) is 38.1 Å². The van der Waals surface area contributed by atoms with Crippen molar-refractivity contribution in [3.05, 3.63) is 63.8 Å². The lowest BCUT2D eigenvalue weighted by atomic mass is 10.1. The maximum absolute atomic E-state index is 12.5. The van der Waals surface area contributed by atoms with Gasteiger partial charge in [0.2, 0.25) is 5.13 Å². The Kier molecular flexibility index (Phi) is 6.60. The van der Waals surface area contributed by atoms with Crippen molar-refractivity contribution in [2.75, 3.05) is 30.5 Å². The second kappa shape index (κ2) is 9.74. The van der Waals surface area contributed by atoms with Crippen LogP contribution in [-0.4, -0.2) is 36.5 Å². The van der Waals surface area contributed by atoms with Gasteiger partial charge in [0.05, 0.1) is 24.6 Å². The van der Waals surface area contributed by atoms with E-state index in [0.717, 1.165) is 24.2 Å². The molecule has 0 amide bonds. The molecular weight excluding hydrogens is 440 g/mol. The highest BCUT2D eigenvalue weighted by Crippen LogP contribution is 2.29. The van der Waals surface area contributed by atoms with Crippen LogP contribution in [-0.2, 0) is 0 Å². The van der Waals surface area contributed by atoms with E-state index in [2.05, 4.69) is 34.3 Å². The van der Waals surface area contributed by atoms with Gasteiger partial charge >= 0.3 is 5.63 Å². The first-order valence-corrected chi connectivity index (χ1v) is 11.4. The first-order chi connectivity index (χ1) is 16.0. The zero-order valence-electron chi connectivity index (χ0n) is 18.5. The molecule has 0 unspecified atom stereocenters. The van der Waals surface area contributed by atoms with Crippen molar-refractivity contribution in [2.45, 2.75) is 13.8 Å². The number of fused-ring (bicyclic) bond motifs is 1. The molecule has 0 spiro atoms. The van der Waals surface area contributed by atoms with E-state index in [1.54, 1.807) is 23.6 Å². The second-order valence-corrected chi connectivity index (χ2v) is 8.01. The number of aromatic hydroxyl groups is 1. The van der Waals surface area contributed by atoms with Crippen LogP contribution >= 0.6 is 11.3 Å². The Bertz CT molecular complexity index is 1360. The Morgan fingerprint density at radius 1 is 1.24 bits per heavy atom. The molecule has 8 nitrogen and oxygen atoms in total. The monoisotopic (exact) mass is 464 g/mol. The average molecular weight is 465 g/mol. The van der Waals surface area contributed by atoms with Crippen molar-refractivity contribution in [2.24, 2.45) is 5.10 Å². The van der Waals surface area contributed by atoms with Gasteiger partial charge in [0, 0.05) is 41.2 Å². The first kappa shape index (κ1) is 22.3. The predicted molar refractivity (Wildman–Crippen MR) is 133 cm³/mol. The van der Waals surface area contributed by atoms with E-state index < -0.39 is 5.63 Å². The molecule has 4 rings (SSSR count). The summed E-state index contributed by atoms with van der Waals surface area (Å²) in [6, 6.07) is 12.6. The van der Waals surface area contributed by atoms with Gasteiger partial charge in [-0.3, -0.25) is 5.43 Å². The highest BCUT2D eigenvalue weighted by Gasteiger charge is 2.13. The van der Waals surface area contributed by atoms with Crippen LogP contribution in [0.3, 0.4) is 0 Å². The van der Waals surface area contributed by atoms with Gasteiger partial charge in [-0.1, -0.05) is 12.1 Å². The van der Waals surface area contributed by atoms with Crippen molar-refractivity contribution < 1.29 is 14.3 Å². The zero-order chi connectivity index (χ0) is 23.4. The van der Waals surface area contributed by atoms with Crippen LogP contribution in [0.25, 0.3) is 22.2 Å². The van der Waals surface area contributed by atoms with Crippen LogP contribution in [0.4, 0.5) is 10.8 Å². The average Bonchev–Trinajstić information content (AvgIpc) is 3.29. The second-order valence-electron chi connectivity index (χ2n) is 7.15. The van der Waals surface area contributed by atoms with Crippen LogP contribution in [0, 0.1) is 0 Å². The number of hydrazone groups is 1. The number of phenols is 1. The third-order valence-electron chi connectivity index (χ3n) is 5.23. The SMILES string of the molecule is CCN(CC)c1ccc(C=NNc2nc(-c3cc4cccc(OC)c4oc3=O)cs2)c(O)c1. The number of nitrogens with one attached hydrogen (secondary N) is 1. The Morgan fingerprint density at radius 3 is 2.79 bits per heavy atom. The molecule has 0 radical (unpaired) electrons. The van der Waals surface area contributed by atoms with E-state index >= 15 is 0 Å². The van der Waals surface area contributed by atoms with Crippen molar-refractivity contribution in [1.82, 2.24) is 4.98 Å². The molecule has 2 N–H and O–H groups in total. The topological polar surface area (TPSA) is 100 Å². The summed E-state index contributed by atoms with van der Waals surface area (Å²) in [5, 5.41) is 17.5. The van der Waals surface area contributed by atoms with E-state index in [0.29, 0.717) is 33.3 Å². The minimum atomic E-state index is -0.495. The third-order valence-corrected chi connectivity index (χ3v) is 5.98. The molecular formula is C24H24N4O4S. The van der Waals surface area contributed by atoms with Crippen LogP contribution in [0.1, 0.15) is 19.4 Å². The van der Waals surface area contributed by atoms with Gasteiger partial charge in [0.1, 0.15) is 5.75 Å². The molecule has 2 heterocycles. The fraction of sp³-hybridized carbons (Fsp3) is 0.208. The van der Waals surface area contributed by atoms with Crippen LogP contribution in [0.15, 0.2) is 62.2 Å². The molecule has 0 aliphatic carbocycles. The van der Waals surface area contributed by atoms with E-state index in [-0.39, 0.29) is 5.75 Å². The van der Waals surface area contributed by atoms with E-state index in [1.807, 2.05) is 24.3 Å². The summed E-state index contributed by atoms with van der Waals surface area (Å²) in [4.78, 5) is 19.1. The molecule has 0 bridgehead atoms. The number of methoxy groups -OCH3 is 1. The van der Waals surface area contributed by atoms with Crippen molar-refractivity contribution in [3.63, 3.8) is 0 Å². The molecule has 170 valence electrons. The smallest absolute Gasteiger partial charge is 0.345 e. The number of anilines is 2. The Hall–Kier alpha value is -3.85. The number of ether oxygens (including phenoxy) is 1. The maximum Gasteiger partial charge on any atom is 0.345 e. The van der Waals surface area contributed by atoms with Gasteiger partial charge in [-0.2, -0.15) is 5.10 Å². The number of benzene rings is 2. The molecule has 33 heavy (non-hydrogen) atoms. The molecule has 0 fully saturated rings. The molecule has 0 atom stereocenters. The van der Waals surface area contributed by atoms with Crippen LogP contribution < -0.4 is 20.7 Å². The fourth-order valence-corrected chi connectivity index (χ4v) is 4.15. The van der Waals surface area contributed by atoms with Crippen molar-refractivity contribution in [3.8, 4) is 22.8 Å². The van der Waals surface area contributed by atoms with Crippen LogP contribution in [0.5, 0.6) is 11.5 Å². The quantitative estimate of drug-likeness (QED) is 0.217. The number of rotatable bonds is 8. The van der Waals surface area contributed by atoms with E-state index in [1.165, 1.54) is 24.7 Å². The number of hydrogen-bond donors (Lipinski definition) is 2. The van der Waals surface area contributed by atoms with Gasteiger partial charge < -0.3 is 19.2 Å². The highest BCUT2D eigenvalue weighted by atomic mass is 32.1. The number of hydrogen-bond acceptors (Lipinski definition) is 9. The standard InChI is InChI=1S/C24H24N4O4S/c1-4-28(5-2)17-10-9-16(20(29)12-17)13-25-27-24-26-19(14-33-24)18-11-15-7-6-8-21(31-3)22(15)32-23(18)30/h6-14,29H,4-5H2,1-3H3,(H,26,27). The molecule has 2 aromatic heterocycles. The first-order valence-electron chi connectivity index (χ1n) is 10.5. The Morgan fingerprint density at radius 2 is 2.06 bits per heavy atom. The predicted octanol–water partition coefficient (Wildman–Crippen LogP) is 4.92. The van der Waals surface area contributed by atoms with Crippen molar-refractivity contribution >= 4 is 39.3 Å². The summed E-state index contributed by atoms with van der Waals surface area (Å²) < 4.78 is 10.7. The largest absolute Gasteiger partial charge is 0.507 e. The lowest BCUT2D eigenvalue weighted by molar-refractivity contribution is 0.407. The molecule has 9 heteroatoms. The molecule has 0 aliphatic heterocycles. The molecule has 0 aliphatic rings. The molecule has 4 aromatic rings. The normalized spacial score (nSPS) is 11.2. The highest BCUT2D eigenvalue weighted by molar-refractivity contribution is 7.14. The summed E-state index contributed by atoms with van der Waals surface area (Å²) >= 11 is 1.31. The van der Waals surface area contributed by atoms with Gasteiger partial charge in [0.25, 0.3) is 0 Å². The van der Waals surface area contributed by atoms with Gasteiger partial charge in [0.15, 0.2) is 11.3 Å². The van der Waals surface area contributed by atoms with Gasteiger partial charge in [-0.15, -0.1) is 11.3 Å². The third kappa shape index (κ3) is 4.68. The number of aromatic nitrogens is 1. The lowest BCUT2D eigenvalue weighted by Gasteiger charge is -2.21. The fourth-order valence-electron chi connectivity index (χ4n) is 3.49. The minimum Gasteiger partial charge on any atom is -0.507 e. The van der Waals surface area contributed by atoms with Crippen molar-refractivity contribution in [1.29, 1.82) is 0 Å². The summed E-state index contributed by atoms with van der Waals surface area (Å²) in [5.41, 5.74) is 5.14. The minimum absolute atomic E-state index is 0.147. The maximum atomic E-state index is 12.5. The van der Waals surface area contributed by atoms with Crippen LogP contribution in [0.2, 0.25) is 0 Å². The number of para-hydroxylation sites is 1. The Balaban J connectivity index is 1.51. The molecule has 0 saturated heterocycles. The Labute approximate surface area is 194 Å². The van der Waals surface area contributed by atoms with E-state index in [4.69, 9.17) is 9.15 Å². The molecule has 0 saturated carbocycles. The number of nitrogens with zero attached hydrogens (tertiary/aromatic N) is 3. The lowest BCUT2D eigenvalue weighted by Crippen LogP contribution is -2.21. The summed E-state index contributed by atoms with van der Waals surface area (Å²) in [6.07, 6.45) is 1.53. The number of thiazole rings is 1. The number of phenolic OH excluding ortho intramolecular Hbond substituents is 1. The summed E-state index contributed by atoms with van der Waals surface area (Å²) in [5.74, 6) is 0.647. The summed E-state index contributed by atoms with van der Waals surface area (Å²) in [7, 11) is 1.53. The van der Waals surface area contributed by atoms with Gasteiger partial charge in [-0.25, -0.2) is 9.78 Å².